The van der Waals surface area contributed by atoms with Gasteiger partial charge in [0.2, 0.25) is 5.91 Å². The molecule has 5 nitrogen and oxygen atoms in total. The summed E-state index contributed by atoms with van der Waals surface area (Å²) in [5, 5.41) is 2.76. The quantitative estimate of drug-likeness (QED) is 0.938. The predicted octanol–water partition coefficient (Wildman–Crippen LogP) is 3.01. The Kier molecular flexibility index (Phi) is 4.46. The van der Waals surface area contributed by atoms with Gasteiger partial charge in [-0.2, -0.15) is 0 Å². The minimum absolute atomic E-state index is 0.0579. The highest BCUT2D eigenvalue weighted by Gasteiger charge is 2.32. The summed E-state index contributed by atoms with van der Waals surface area (Å²) in [6, 6.07) is 13.2. The van der Waals surface area contributed by atoms with Gasteiger partial charge in [0.15, 0.2) is 0 Å². The molecular formula is C18H18FN3O2. The molecule has 0 bridgehead atoms. The summed E-state index contributed by atoms with van der Waals surface area (Å²) in [6.07, 6.45) is 0. The minimum Gasteiger partial charge on any atom is -0.325 e. The van der Waals surface area contributed by atoms with Crippen LogP contribution in [0.2, 0.25) is 0 Å². The van der Waals surface area contributed by atoms with Gasteiger partial charge in [0.1, 0.15) is 12.4 Å². The molecule has 6 heteroatoms. The molecule has 1 heterocycles. The first kappa shape index (κ1) is 16.0. The average molecular weight is 327 g/mol. The standard InChI is InChI=1S/C18H18FN3O2/c1-13-6-8-14(9-7-13)20-17(23)12-21-10-11-22(18(21)24)16-5-3-2-4-15(16)19/h2-9H,10-12H2,1H3,(H,20,23). The molecule has 2 aromatic rings. The van der Waals surface area contributed by atoms with E-state index in [9.17, 15) is 14.0 Å². The number of nitrogens with zero attached hydrogens (tertiary/aromatic N) is 2. The number of hydrogen-bond donors (Lipinski definition) is 1. The molecule has 0 aromatic heterocycles. The fourth-order valence-electron chi connectivity index (χ4n) is 2.63. The third kappa shape index (κ3) is 3.37. The topological polar surface area (TPSA) is 52.7 Å². The number of amides is 3. The second-order valence-electron chi connectivity index (χ2n) is 5.72. The van der Waals surface area contributed by atoms with Crippen LogP contribution in [0.3, 0.4) is 0 Å². The lowest BCUT2D eigenvalue weighted by Gasteiger charge is -2.18. The summed E-state index contributed by atoms with van der Waals surface area (Å²) in [5.41, 5.74) is 2.02. The number of anilines is 2. The fourth-order valence-corrected chi connectivity index (χ4v) is 2.63. The first-order valence-electron chi connectivity index (χ1n) is 7.72. The second kappa shape index (κ2) is 6.70. The van der Waals surface area contributed by atoms with E-state index in [1.54, 1.807) is 18.2 Å². The number of benzene rings is 2. The van der Waals surface area contributed by atoms with E-state index in [0.717, 1.165) is 5.56 Å². The van der Waals surface area contributed by atoms with E-state index in [2.05, 4.69) is 5.32 Å². The lowest BCUT2D eigenvalue weighted by atomic mass is 10.2. The highest BCUT2D eigenvalue weighted by Crippen LogP contribution is 2.23. The van der Waals surface area contributed by atoms with Crippen LogP contribution in [0.1, 0.15) is 5.56 Å². The van der Waals surface area contributed by atoms with Crippen LogP contribution < -0.4 is 10.2 Å². The van der Waals surface area contributed by atoms with Crippen LogP contribution in [0.15, 0.2) is 48.5 Å². The fraction of sp³-hybridized carbons (Fsp3) is 0.222. The zero-order valence-electron chi connectivity index (χ0n) is 13.3. The monoisotopic (exact) mass is 327 g/mol. The van der Waals surface area contributed by atoms with Crippen LogP contribution in [0.4, 0.5) is 20.6 Å². The smallest absolute Gasteiger partial charge is 0.325 e. The number of carbonyl (C=O) groups is 2. The predicted molar refractivity (Wildman–Crippen MR) is 90.5 cm³/mol. The van der Waals surface area contributed by atoms with Crippen molar-refractivity contribution < 1.29 is 14.0 Å². The summed E-state index contributed by atoms with van der Waals surface area (Å²) < 4.78 is 13.8. The maximum atomic E-state index is 13.8. The van der Waals surface area contributed by atoms with Crippen LogP contribution in [0.25, 0.3) is 0 Å². The van der Waals surface area contributed by atoms with Crippen LogP contribution in [-0.4, -0.2) is 36.5 Å². The summed E-state index contributed by atoms with van der Waals surface area (Å²) in [4.78, 5) is 27.3. The number of carbonyl (C=O) groups excluding carboxylic acids is 2. The van der Waals surface area contributed by atoms with E-state index in [1.165, 1.54) is 15.9 Å². The Bertz CT molecular complexity index is 761. The number of halogens is 1. The van der Waals surface area contributed by atoms with Crippen molar-refractivity contribution in [2.24, 2.45) is 0 Å². The van der Waals surface area contributed by atoms with E-state index in [0.29, 0.717) is 18.8 Å². The van der Waals surface area contributed by atoms with Crippen molar-refractivity contribution in [1.29, 1.82) is 0 Å². The van der Waals surface area contributed by atoms with E-state index >= 15 is 0 Å². The minimum atomic E-state index is -0.447. The summed E-state index contributed by atoms with van der Waals surface area (Å²) >= 11 is 0. The average Bonchev–Trinajstić information content (AvgIpc) is 2.91. The van der Waals surface area contributed by atoms with Gasteiger partial charge < -0.3 is 10.2 Å². The van der Waals surface area contributed by atoms with Gasteiger partial charge in [-0.25, -0.2) is 9.18 Å². The molecule has 0 aliphatic carbocycles. The zero-order chi connectivity index (χ0) is 17.1. The highest BCUT2D eigenvalue weighted by molar-refractivity contribution is 5.99. The molecule has 124 valence electrons. The molecule has 24 heavy (non-hydrogen) atoms. The third-order valence-electron chi connectivity index (χ3n) is 3.91. The maximum absolute atomic E-state index is 13.8. The Hall–Kier alpha value is -2.89. The van der Waals surface area contributed by atoms with Gasteiger partial charge in [-0.1, -0.05) is 29.8 Å². The van der Waals surface area contributed by atoms with Crippen LogP contribution in [0, 0.1) is 12.7 Å². The lowest BCUT2D eigenvalue weighted by molar-refractivity contribution is -0.116. The Balaban J connectivity index is 1.62. The van der Waals surface area contributed by atoms with Crippen molar-refractivity contribution in [1.82, 2.24) is 4.90 Å². The third-order valence-corrected chi connectivity index (χ3v) is 3.91. The van der Waals surface area contributed by atoms with E-state index in [1.807, 2.05) is 31.2 Å². The number of para-hydroxylation sites is 1. The molecular weight excluding hydrogens is 309 g/mol. The molecule has 1 aliphatic heterocycles. The molecule has 2 aromatic carbocycles. The van der Waals surface area contributed by atoms with Gasteiger partial charge in [-0.3, -0.25) is 9.69 Å². The Morgan fingerprint density at radius 3 is 2.54 bits per heavy atom. The van der Waals surface area contributed by atoms with E-state index in [4.69, 9.17) is 0 Å². The molecule has 1 fully saturated rings. The van der Waals surface area contributed by atoms with Gasteiger partial charge in [0.05, 0.1) is 5.69 Å². The first-order valence-corrected chi connectivity index (χ1v) is 7.72. The molecule has 1 aliphatic rings. The normalized spacial score (nSPS) is 14.2. The van der Waals surface area contributed by atoms with Crippen molar-refractivity contribution in [2.45, 2.75) is 6.92 Å². The van der Waals surface area contributed by atoms with E-state index < -0.39 is 5.82 Å². The molecule has 1 N–H and O–H groups in total. The van der Waals surface area contributed by atoms with Crippen LogP contribution in [0.5, 0.6) is 0 Å². The van der Waals surface area contributed by atoms with Crippen molar-refractivity contribution in [3.63, 3.8) is 0 Å². The van der Waals surface area contributed by atoms with Crippen molar-refractivity contribution >= 4 is 23.3 Å². The number of aryl methyl sites for hydroxylation is 1. The SMILES string of the molecule is Cc1ccc(NC(=O)CN2CCN(c3ccccc3F)C2=O)cc1. The molecule has 0 saturated carbocycles. The Morgan fingerprint density at radius 1 is 1.12 bits per heavy atom. The summed E-state index contributed by atoms with van der Waals surface area (Å²) in [7, 11) is 0. The number of rotatable bonds is 4. The molecule has 0 radical (unpaired) electrons. The highest BCUT2D eigenvalue weighted by atomic mass is 19.1. The van der Waals surface area contributed by atoms with Crippen molar-refractivity contribution in [2.75, 3.05) is 29.9 Å². The Morgan fingerprint density at radius 2 is 1.83 bits per heavy atom. The molecule has 0 unspecified atom stereocenters. The number of hydrogen-bond acceptors (Lipinski definition) is 2. The second-order valence-corrected chi connectivity index (χ2v) is 5.72. The molecule has 0 spiro atoms. The molecule has 3 amide bonds. The van der Waals surface area contributed by atoms with E-state index in [-0.39, 0.29) is 24.2 Å². The van der Waals surface area contributed by atoms with Crippen molar-refractivity contribution in [3.8, 4) is 0 Å². The van der Waals surface area contributed by atoms with Gasteiger partial charge in [0, 0.05) is 18.8 Å². The van der Waals surface area contributed by atoms with Gasteiger partial charge in [-0.15, -0.1) is 0 Å². The first-order chi connectivity index (χ1) is 11.5. The van der Waals surface area contributed by atoms with Gasteiger partial charge in [-0.05, 0) is 31.2 Å². The molecule has 0 atom stereocenters. The van der Waals surface area contributed by atoms with Crippen molar-refractivity contribution in [3.05, 3.63) is 59.9 Å². The van der Waals surface area contributed by atoms with Gasteiger partial charge in [0.25, 0.3) is 0 Å². The molecule has 1 saturated heterocycles. The summed E-state index contributed by atoms with van der Waals surface area (Å²) in [6.45, 7) is 2.65. The number of urea groups is 1. The van der Waals surface area contributed by atoms with Crippen LogP contribution in [-0.2, 0) is 4.79 Å². The number of nitrogens with one attached hydrogen (secondary N) is 1. The Labute approximate surface area is 139 Å². The largest absolute Gasteiger partial charge is 0.325 e. The molecule has 3 rings (SSSR count). The zero-order valence-corrected chi connectivity index (χ0v) is 13.3. The van der Waals surface area contributed by atoms with Crippen LogP contribution >= 0.6 is 0 Å². The van der Waals surface area contributed by atoms with Gasteiger partial charge >= 0.3 is 6.03 Å². The lowest BCUT2D eigenvalue weighted by Crippen LogP contribution is -2.37. The maximum Gasteiger partial charge on any atom is 0.325 e. The summed E-state index contributed by atoms with van der Waals surface area (Å²) in [5.74, 6) is -0.723.